The summed E-state index contributed by atoms with van der Waals surface area (Å²) in [5.41, 5.74) is 6.20. The maximum absolute atomic E-state index is 8.49. The molecule has 0 bridgehead atoms. The quantitative estimate of drug-likeness (QED) is 0.651. The van der Waals surface area contributed by atoms with Gasteiger partial charge in [0, 0.05) is 0 Å². The van der Waals surface area contributed by atoms with E-state index in [1.165, 1.54) is 6.33 Å². The highest BCUT2D eigenvalue weighted by Gasteiger charge is 2.03. The lowest BCUT2D eigenvalue weighted by atomic mass is 10.3. The first-order valence-corrected chi connectivity index (χ1v) is 3.56. The number of hydrogen-bond acceptors (Lipinski definition) is 5. The van der Waals surface area contributed by atoms with E-state index in [0.717, 1.165) is 0 Å². The molecule has 1 rings (SSSR count). The van der Waals surface area contributed by atoms with Gasteiger partial charge in [-0.1, -0.05) is 0 Å². The van der Waals surface area contributed by atoms with Gasteiger partial charge in [0.25, 0.3) is 0 Å². The summed E-state index contributed by atoms with van der Waals surface area (Å²) in [6.45, 7) is 1.95. The number of nitrogens with zero attached hydrogens (tertiary/aromatic N) is 2. The van der Waals surface area contributed by atoms with Crippen molar-refractivity contribution in [2.75, 3.05) is 18.9 Å². The molecule has 0 fully saturated rings. The van der Waals surface area contributed by atoms with E-state index in [1.807, 2.05) is 0 Å². The average molecular weight is 169 g/mol. The van der Waals surface area contributed by atoms with Gasteiger partial charge in [0.1, 0.15) is 18.8 Å². The molecule has 0 saturated heterocycles. The molecular formula is C7H11N3O2. The first kappa shape index (κ1) is 8.73. The molecule has 5 heteroatoms. The number of rotatable bonds is 3. The number of aliphatic hydroxyl groups excluding tert-OH is 1. The largest absolute Gasteiger partial charge is 0.475 e. The normalized spacial score (nSPS) is 9.83. The van der Waals surface area contributed by atoms with Gasteiger partial charge in [0.15, 0.2) is 0 Å². The van der Waals surface area contributed by atoms with Crippen LogP contribution in [0.1, 0.15) is 5.56 Å². The lowest BCUT2D eigenvalue weighted by molar-refractivity contribution is 0.196. The molecule has 0 unspecified atom stereocenters. The van der Waals surface area contributed by atoms with E-state index in [9.17, 15) is 0 Å². The van der Waals surface area contributed by atoms with Crippen LogP contribution in [0.4, 0.5) is 5.82 Å². The van der Waals surface area contributed by atoms with Crippen LogP contribution in [0.3, 0.4) is 0 Å². The van der Waals surface area contributed by atoms with E-state index in [0.29, 0.717) is 17.3 Å². The Morgan fingerprint density at radius 1 is 1.58 bits per heavy atom. The van der Waals surface area contributed by atoms with Crippen molar-refractivity contribution < 1.29 is 9.84 Å². The van der Waals surface area contributed by atoms with Gasteiger partial charge in [-0.3, -0.25) is 0 Å². The topological polar surface area (TPSA) is 81.3 Å². The number of nitrogen functional groups attached to an aromatic ring is 1. The molecule has 0 spiro atoms. The van der Waals surface area contributed by atoms with Crippen molar-refractivity contribution in [2.24, 2.45) is 0 Å². The Morgan fingerprint density at radius 3 is 3.00 bits per heavy atom. The van der Waals surface area contributed by atoms with Crippen LogP contribution in [0.5, 0.6) is 5.88 Å². The van der Waals surface area contributed by atoms with Gasteiger partial charge in [-0.15, -0.1) is 0 Å². The minimum atomic E-state index is -0.0383. The third-order valence-electron chi connectivity index (χ3n) is 1.41. The maximum Gasteiger partial charge on any atom is 0.221 e. The first-order valence-electron chi connectivity index (χ1n) is 3.56. The molecule has 12 heavy (non-hydrogen) atoms. The van der Waals surface area contributed by atoms with Crippen molar-refractivity contribution in [3.8, 4) is 5.88 Å². The number of ether oxygens (including phenoxy) is 1. The van der Waals surface area contributed by atoms with Crippen LogP contribution in [0.15, 0.2) is 6.33 Å². The van der Waals surface area contributed by atoms with Crippen LogP contribution >= 0.6 is 0 Å². The third kappa shape index (κ3) is 1.82. The number of aromatic nitrogens is 2. The molecule has 0 saturated carbocycles. The van der Waals surface area contributed by atoms with Gasteiger partial charge < -0.3 is 15.6 Å². The molecule has 0 atom stereocenters. The molecule has 5 nitrogen and oxygen atoms in total. The smallest absolute Gasteiger partial charge is 0.221 e. The summed E-state index contributed by atoms with van der Waals surface area (Å²) in [5.74, 6) is 0.828. The van der Waals surface area contributed by atoms with Crippen molar-refractivity contribution in [3.05, 3.63) is 11.9 Å². The summed E-state index contributed by atoms with van der Waals surface area (Å²) < 4.78 is 5.09. The highest BCUT2D eigenvalue weighted by Crippen LogP contribution is 2.16. The summed E-state index contributed by atoms with van der Waals surface area (Å²) >= 11 is 0. The van der Waals surface area contributed by atoms with Gasteiger partial charge >= 0.3 is 0 Å². The summed E-state index contributed by atoms with van der Waals surface area (Å²) in [6.07, 6.45) is 1.33. The molecule has 0 amide bonds. The predicted molar refractivity (Wildman–Crippen MR) is 43.8 cm³/mol. The molecule has 0 aliphatic rings. The Balaban J connectivity index is 2.78. The van der Waals surface area contributed by atoms with Crippen molar-refractivity contribution in [2.45, 2.75) is 6.92 Å². The SMILES string of the molecule is Cc1c(N)ncnc1OCCO. The average Bonchev–Trinajstić information content (AvgIpc) is 2.08. The third-order valence-corrected chi connectivity index (χ3v) is 1.41. The summed E-state index contributed by atoms with van der Waals surface area (Å²) in [5, 5.41) is 8.49. The molecule has 1 aromatic rings. The Morgan fingerprint density at radius 2 is 2.33 bits per heavy atom. The summed E-state index contributed by atoms with van der Waals surface area (Å²) in [4.78, 5) is 7.62. The summed E-state index contributed by atoms with van der Waals surface area (Å²) in [6, 6.07) is 0. The molecule has 0 aromatic carbocycles. The van der Waals surface area contributed by atoms with Crippen molar-refractivity contribution in [1.82, 2.24) is 9.97 Å². The van der Waals surface area contributed by atoms with Crippen LogP contribution in [-0.4, -0.2) is 28.3 Å². The van der Waals surface area contributed by atoms with E-state index in [4.69, 9.17) is 15.6 Å². The Hall–Kier alpha value is -1.36. The van der Waals surface area contributed by atoms with Crippen molar-refractivity contribution in [3.63, 3.8) is 0 Å². The Labute approximate surface area is 70.2 Å². The van der Waals surface area contributed by atoms with Gasteiger partial charge in [0.05, 0.1) is 12.2 Å². The standard InChI is InChI=1S/C7H11N3O2/c1-5-6(8)9-4-10-7(5)12-3-2-11/h4,11H,2-3H2,1H3,(H2,8,9,10). The Bertz CT molecular complexity index is 265. The molecule has 0 radical (unpaired) electrons. The monoisotopic (exact) mass is 169 g/mol. The molecule has 66 valence electrons. The second-order valence-electron chi connectivity index (χ2n) is 2.26. The highest BCUT2D eigenvalue weighted by molar-refractivity contribution is 5.42. The van der Waals surface area contributed by atoms with Crippen LogP contribution < -0.4 is 10.5 Å². The van der Waals surface area contributed by atoms with E-state index in [2.05, 4.69) is 9.97 Å². The lowest BCUT2D eigenvalue weighted by Crippen LogP contribution is -2.06. The first-order chi connectivity index (χ1) is 5.75. The molecule has 1 heterocycles. The van der Waals surface area contributed by atoms with Gasteiger partial charge in [-0.2, -0.15) is 0 Å². The zero-order valence-corrected chi connectivity index (χ0v) is 6.82. The van der Waals surface area contributed by atoms with Gasteiger partial charge in [-0.05, 0) is 6.92 Å². The molecule has 3 N–H and O–H groups in total. The van der Waals surface area contributed by atoms with Crippen LogP contribution in [0, 0.1) is 6.92 Å². The summed E-state index contributed by atoms with van der Waals surface area (Å²) in [7, 11) is 0. The fourth-order valence-corrected chi connectivity index (χ4v) is 0.735. The number of aliphatic hydroxyl groups is 1. The molecular weight excluding hydrogens is 158 g/mol. The second kappa shape index (κ2) is 3.87. The fourth-order valence-electron chi connectivity index (χ4n) is 0.735. The molecule has 1 aromatic heterocycles. The maximum atomic E-state index is 8.49. The number of anilines is 1. The van der Waals surface area contributed by atoms with Gasteiger partial charge in [0.2, 0.25) is 5.88 Å². The van der Waals surface area contributed by atoms with E-state index >= 15 is 0 Å². The highest BCUT2D eigenvalue weighted by atomic mass is 16.5. The van der Waals surface area contributed by atoms with Crippen molar-refractivity contribution in [1.29, 1.82) is 0 Å². The number of nitrogens with two attached hydrogens (primary N) is 1. The fraction of sp³-hybridized carbons (Fsp3) is 0.429. The molecule has 0 aliphatic carbocycles. The lowest BCUT2D eigenvalue weighted by Gasteiger charge is -2.06. The van der Waals surface area contributed by atoms with Crippen LogP contribution in [0.2, 0.25) is 0 Å². The number of hydrogen-bond donors (Lipinski definition) is 2. The van der Waals surface area contributed by atoms with E-state index in [-0.39, 0.29) is 13.2 Å². The second-order valence-corrected chi connectivity index (χ2v) is 2.26. The van der Waals surface area contributed by atoms with E-state index < -0.39 is 0 Å². The minimum Gasteiger partial charge on any atom is -0.475 e. The van der Waals surface area contributed by atoms with E-state index in [1.54, 1.807) is 6.92 Å². The minimum absolute atomic E-state index is 0.0383. The Kier molecular flexibility index (Phi) is 2.82. The van der Waals surface area contributed by atoms with Gasteiger partial charge in [-0.25, -0.2) is 9.97 Å². The zero-order chi connectivity index (χ0) is 8.97. The molecule has 0 aliphatic heterocycles. The predicted octanol–water partition coefficient (Wildman–Crippen LogP) is -0.262. The van der Waals surface area contributed by atoms with Crippen molar-refractivity contribution >= 4 is 5.82 Å². The zero-order valence-electron chi connectivity index (χ0n) is 6.82. The van der Waals surface area contributed by atoms with Crippen LogP contribution in [0.25, 0.3) is 0 Å². The van der Waals surface area contributed by atoms with Crippen LogP contribution in [-0.2, 0) is 0 Å².